The molecule has 0 radical (unpaired) electrons. The summed E-state index contributed by atoms with van der Waals surface area (Å²) in [6.45, 7) is 1.73. The fourth-order valence-corrected chi connectivity index (χ4v) is 4.79. The number of hydrogen-bond donors (Lipinski definition) is 1. The van der Waals surface area contributed by atoms with Gasteiger partial charge in [0.05, 0.1) is 34.1 Å². The third-order valence-corrected chi connectivity index (χ3v) is 6.25. The van der Waals surface area contributed by atoms with E-state index in [2.05, 4.69) is 4.98 Å². The molecule has 2 aromatic carbocycles. The Balaban J connectivity index is 1.69. The van der Waals surface area contributed by atoms with E-state index >= 15 is 0 Å². The van der Waals surface area contributed by atoms with Crippen LogP contribution in [-0.2, 0) is 11.2 Å². The van der Waals surface area contributed by atoms with E-state index in [1.165, 1.54) is 9.69 Å². The zero-order chi connectivity index (χ0) is 22.7. The molecule has 0 saturated heterocycles. The highest BCUT2D eigenvalue weighted by Gasteiger charge is 2.34. The van der Waals surface area contributed by atoms with Gasteiger partial charge in [0.25, 0.3) is 11.5 Å². The SMILES string of the molecule is Cc1nc2ccccc2c(=O)n1N1C=C(c2ccccc2)n2c(N)cc3c2C(=CCC3)C1=O. The molecule has 1 aliphatic carbocycles. The number of allylic oxidation sites excluding steroid dienone is 1. The zero-order valence-corrected chi connectivity index (χ0v) is 18.0. The number of nitrogens with two attached hydrogens (primary N) is 1. The van der Waals surface area contributed by atoms with Crippen molar-refractivity contribution >= 4 is 33.9 Å². The Morgan fingerprint density at radius 3 is 2.58 bits per heavy atom. The molecule has 162 valence electrons. The van der Waals surface area contributed by atoms with Crippen LogP contribution >= 0.6 is 0 Å². The van der Waals surface area contributed by atoms with E-state index in [1.807, 2.05) is 53.1 Å². The second-order valence-electron chi connectivity index (χ2n) is 8.26. The molecular formula is C26H21N5O2. The van der Waals surface area contributed by atoms with Gasteiger partial charge in [-0.25, -0.2) is 9.99 Å². The van der Waals surface area contributed by atoms with E-state index < -0.39 is 0 Å². The zero-order valence-electron chi connectivity index (χ0n) is 18.0. The summed E-state index contributed by atoms with van der Waals surface area (Å²) < 4.78 is 3.27. The molecule has 2 aromatic heterocycles. The summed E-state index contributed by atoms with van der Waals surface area (Å²) in [6.07, 6.45) is 5.17. The van der Waals surface area contributed by atoms with Crippen molar-refractivity contribution in [3.63, 3.8) is 0 Å². The highest BCUT2D eigenvalue weighted by molar-refractivity contribution is 6.26. The Labute approximate surface area is 189 Å². The van der Waals surface area contributed by atoms with Crippen molar-refractivity contribution in [2.24, 2.45) is 0 Å². The number of para-hydroxylation sites is 1. The Hall–Kier alpha value is -4.39. The summed E-state index contributed by atoms with van der Waals surface area (Å²) in [6, 6.07) is 18.8. The third kappa shape index (κ3) is 2.79. The van der Waals surface area contributed by atoms with Crippen molar-refractivity contribution in [1.82, 2.24) is 14.2 Å². The number of amides is 1. The van der Waals surface area contributed by atoms with Crippen LogP contribution in [0.5, 0.6) is 0 Å². The first-order chi connectivity index (χ1) is 16.0. The number of aryl methyl sites for hydroxylation is 2. The molecule has 0 spiro atoms. The summed E-state index contributed by atoms with van der Waals surface area (Å²) in [4.78, 5) is 32.1. The molecule has 0 fully saturated rings. The average Bonchev–Trinajstić information content (AvgIpc) is 3.10. The molecule has 2 aliphatic rings. The Morgan fingerprint density at radius 1 is 1.00 bits per heavy atom. The molecule has 7 heteroatoms. The van der Waals surface area contributed by atoms with E-state index in [0.717, 1.165) is 29.7 Å². The minimum atomic E-state index is -0.300. The van der Waals surface area contributed by atoms with Gasteiger partial charge >= 0.3 is 0 Å². The lowest BCUT2D eigenvalue weighted by Crippen LogP contribution is -2.44. The molecule has 0 unspecified atom stereocenters. The van der Waals surface area contributed by atoms with Gasteiger partial charge in [-0.1, -0.05) is 48.5 Å². The Bertz CT molecular complexity index is 1570. The second-order valence-corrected chi connectivity index (χ2v) is 8.26. The number of fused-ring (bicyclic) bond motifs is 1. The van der Waals surface area contributed by atoms with Crippen LogP contribution in [0.25, 0.3) is 22.2 Å². The molecule has 7 nitrogen and oxygen atoms in total. The van der Waals surface area contributed by atoms with Gasteiger partial charge in [0.2, 0.25) is 0 Å². The van der Waals surface area contributed by atoms with Crippen molar-refractivity contribution in [2.75, 3.05) is 10.7 Å². The maximum Gasteiger partial charge on any atom is 0.280 e. The molecule has 33 heavy (non-hydrogen) atoms. The van der Waals surface area contributed by atoms with Crippen LogP contribution in [0.1, 0.15) is 29.1 Å². The molecule has 0 atom stereocenters. The molecule has 3 heterocycles. The molecular weight excluding hydrogens is 414 g/mol. The maximum atomic E-state index is 13.9. The summed E-state index contributed by atoms with van der Waals surface area (Å²) >= 11 is 0. The number of nitrogens with zero attached hydrogens (tertiary/aromatic N) is 4. The highest BCUT2D eigenvalue weighted by atomic mass is 16.2. The van der Waals surface area contributed by atoms with Gasteiger partial charge in [-0.2, -0.15) is 4.68 Å². The van der Waals surface area contributed by atoms with Crippen molar-refractivity contribution in [3.8, 4) is 0 Å². The van der Waals surface area contributed by atoms with Gasteiger partial charge in [0, 0.05) is 5.56 Å². The van der Waals surface area contributed by atoms with Crippen LogP contribution in [-0.4, -0.2) is 20.1 Å². The summed E-state index contributed by atoms with van der Waals surface area (Å²) in [5.41, 5.74) is 10.7. The van der Waals surface area contributed by atoms with E-state index in [9.17, 15) is 9.59 Å². The Kier molecular flexibility index (Phi) is 4.13. The first kappa shape index (κ1) is 19.3. The van der Waals surface area contributed by atoms with E-state index in [0.29, 0.717) is 33.8 Å². The largest absolute Gasteiger partial charge is 0.385 e. The van der Waals surface area contributed by atoms with Crippen molar-refractivity contribution < 1.29 is 4.79 Å². The smallest absolute Gasteiger partial charge is 0.280 e. The van der Waals surface area contributed by atoms with Crippen LogP contribution in [0.4, 0.5) is 5.82 Å². The number of aromatic nitrogens is 3. The summed E-state index contributed by atoms with van der Waals surface area (Å²) in [5, 5.41) is 1.83. The number of carbonyl (C=O) groups is 1. The molecule has 2 N–H and O–H groups in total. The molecule has 4 aromatic rings. The van der Waals surface area contributed by atoms with Crippen molar-refractivity contribution in [3.05, 3.63) is 106 Å². The van der Waals surface area contributed by atoms with E-state index in [4.69, 9.17) is 5.73 Å². The van der Waals surface area contributed by atoms with E-state index in [1.54, 1.807) is 31.3 Å². The van der Waals surface area contributed by atoms with Gasteiger partial charge < -0.3 is 5.73 Å². The third-order valence-electron chi connectivity index (χ3n) is 6.25. The lowest BCUT2D eigenvalue weighted by atomic mass is 9.96. The molecule has 1 amide bonds. The first-order valence-electron chi connectivity index (χ1n) is 10.8. The number of hydrogen-bond acceptors (Lipinski definition) is 4. The molecule has 1 aliphatic heterocycles. The van der Waals surface area contributed by atoms with Gasteiger partial charge in [-0.15, -0.1) is 0 Å². The second kappa shape index (κ2) is 7.06. The maximum absolute atomic E-state index is 13.9. The Morgan fingerprint density at radius 2 is 1.76 bits per heavy atom. The number of nitrogen functional groups attached to an aromatic ring is 1. The van der Waals surface area contributed by atoms with Crippen LogP contribution in [0, 0.1) is 6.92 Å². The predicted molar refractivity (Wildman–Crippen MR) is 129 cm³/mol. The van der Waals surface area contributed by atoms with Crippen LogP contribution in [0.3, 0.4) is 0 Å². The van der Waals surface area contributed by atoms with Crippen LogP contribution < -0.4 is 16.3 Å². The topological polar surface area (TPSA) is 86.2 Å². The van der Waals surface area contributed by atoms with Gasteiger partial charge in [0.15, 0.2) is 0 Å². The van der Waals surface area contributed by atoms with Crippen molar-refractivity contribution in [2.45, 2.75) is 19.8 Å². The van der Waals surface area contributed by atoms with Crippen molar-refractivity contribution in [1.29, 1.82) is 0 Å². The minimum Gasteiger partial charge on any atom is -0.385 e. The number of carbonyl (C=O) groups excluding carboxylic acids is 1. The van der Waals surface area contributed by atoms with E-state index in [-0.39, 0.29) is 11.5 Å². The fraction of sp³-hybridized carbons (Fsp3) is 0.115. The number of benzene rings is 2. The number of rotatable bonds is 2. The standard InChI is InChI=1S/C26H21N5O2/c1-16-28-21-13-6-5-11-19(21)26(33)31(16)29-15-22(17-8-3-2-4-9-17)30-23(27)14-18-10-7-12-20(24(18)30)25(29)32/h2-6,8-9,11-15H,7,10,27H2,1H3. The minimum absolute atomic E-state index is 0.288. The summed E-state index contributed by atoms with van der Waals surface area (Å²) in [5.74, 6) is 0.689. The number of anilines is 1. The fourth-order valence-electron chi connectivity index (χ4n) is 4.79. The highest BCUT2D eigenvalue weighted by Crippen LogP contribution is 2.38. The predicted octanol–water partition coefficient (Wildman–Crippen LogP) is 3.44. The van der Waals surface area contributed by atoms with Gasteiger partial charge in [0.1, 0.15) is 11.6 Å². The average molecular weight is 435 g/mol. The molecule has 0 saturated carbocycles. The van der Waals surface area contributed by atoms with Crippen LogP contribution in [0.2, 0.25) is 0 Å². The monoisotopic (exact) mass is 435 g/mol. The lowest BCUT2D eigenvalue weighted by molar-refractivity contribution is -0.114. The summed E-state index contributed by atoms with van der Waals surface area (Å²) in [7, 11) is 0. The molecule has 0 bridgehead atoms. The van der Waals surface area contributed by atoms with Gasteiger partial charge in [-0.05, 0) is 43.5 Å². The first-order valence-corrected chi connectivity index (χ1v) is 10.8. The van der Waals surface area contributed by atoms with Gasteiger partial charge in [-0.3, -0.25) is 14.2 Å². The quantitative estimate of drug-likeness (QED) is 0.523. The van der Waals surface area contributed by atoms with Crippen LogP contribution in [0.15, 0.2) is 77.7 Å². The lowest BCUT2D eigenvalue weighted by Gasteiger charge is -2.23. The molecule has 6 rings (SSSR count). The normalized spacial score (nSPS) is 15.2.